The van der Waals surface area contributed by atoms with E-state index in [1.165, 1.54) is 0 Å². The summed E-state index contributed by atoms with van der Waals surface area (Å²) in [4.78, 5) is -5.15. The summed E-state index contributed by atoms with van der Waals surface area (Å²) in [6.45, 7) is 0. The van der Waals surface area contributed by atoms with Crippen molar-refractivity contribution in [2.75, 3.05) is 0 Å². The Kier molecular flexibility index (Phi) is 5.10. The van der Waals surface area contributed by atoms with Gasteiger partial charge in [0.05, 0.1) is 20.1 Å². The van der Waals surface area contributed by atoms with Crippen molar-refractivity contribution in [2.45, 2.75) is 47.4 Å². The molecule has 0 aromatic carbocycles. The molecule has 0 heterocycles. The lowest BCUT2D eigenvalue weighted by atomic mass is 9.62. The number of halogens is 12. The minimum absolute atomic E-state index is 0.0578. The summed E-state index contributed by atoms with van der Waals surface area (Å²) in [6, 6.07) is 0. The average Bonchev–Trinajstić information content (AvgIpc) is 3.25. The third-order valence-electron chi connectivity index (χ3n) is 9.11. The van der Waals surface area contributed by atoms with E-state index in [1.54, 1.807) is 0 Å². The fourth-order valence-electron chi connectivity index (χ4n) is 7.92. The van der Waals surface area contributed by atoms with Gasteiger partial charge in [-0.15, -0.1) is 46.4 Å². The van der Waals surface area contributed by atoms with Crippen LogP contribution in [0, 0.1) is 35.5 Å². The molecule has 6 rings (SSSR count). The first-order valence-corrected chi connectivity index (χ1v) is 14.2. The predicted octanol–water partition coefficient (Wildman–Crippen LogP) is 9.57. The van der Waals surface area contributed by atoms with Gasteiger partial charge in [-0.1, -0.05) is 92.8 Å². The predicted molar refractivity (Wildman–Crippen MR) is 135 cm³/mol. The minimum Gasteiger partial charge on any atom is -0.109 e. The van der Waals surface area contributed by atoms with Crippen LogP contribution in [0.1, 0.15) is 19.3 Å². The summed E-state index contributed by atoms with van der Waals surface area (Å²) in [7, 11) is 0. The Balaban J connectivity index is 1.47. The van der Waals surface area contributed by atoms with Gasteiger partial charge in [0.1, 0.15) is 19.5 Å². The molecule has 0 unspecified atom stereocenters. The highest BCUT2D eigenvalue weighted by molar-refractivity contribution is 6.67. The van der Waals surface area contributed by atoms with Crippen molar-refractivity contribution in [3.05, 3.63) is 20.1 Å². The Morgan fingerprint density at radius 2 is 0.839 bits per heavy atom. The first kappa shape index (κ1) is 24.3. The average molecular weight is 666 g/mol. The first-order valence-electron chi connectivity index (χ1n) is 9.71. The molecule has 31 heavy (non-hydrogen) atoms. The number of alkyl halides is 8. The van der Waals surface area contributed by atoms with E-state index in [9.17, 15) is 0 Å². The second-order valence-corrected chi connectivity index (χ2v) is 16.3. The molecule has 10 atom stereocenters. The van der Waals surface area contributed by atoms with Crippen molar-refractivity contribution in [3.8, 4) is 0 Å². The standard InChI is InChI=1S/C19H12Cl12/c20-10-11(21)15(25)7-3-5-4(1-6(7)14(10,24)18(15,28)29)2-8-9(5)17(27)13(23)12(22)16(8,26)19(17,30)31/h4-9H,1-3H2/t4-,5-,6+,7-,8+,9-,14+,15+,16-,17-/m1/s1. The van der Waals surface area contributed by atoms with Gasteiger partial charge in [-0.05, 0) is 54.8 Å². The number of allylic oxidation sites excluding steroid dienone is 4. The highest BCUT2D eigenvalue weighted by Crippen LogP contribution is 2.84. The second kappa shape index (κ2) is 6.50. The van der Waals surface area contributed by atoms with Gasteiger partial charge in [-0.25, -0.2) is 0 Å². The van der Waals surface area contributed by atoms with E-state index in [1.807, 2.05) is 0 Å². The molecule has 4 bridgehead atoms. The van der Waals surface area contributed by atoms with Crippen molar-refractivity contribution in [1.82, 2.24) is 0 Å². The maximum atomic E-state index is 7.15. The highest BCUT2D eigenvalue weighted by atomic mass is 35.5. The molecule has 0 spiro atoms. The van der Waals surface area contributed by atoms with Crippen LogP contribution in [0.3, 0.4) is 0 Å². The maximum absolute atomic E-state index is 7.15. The molecule has 0 aromatic rings. The monoisotopic (exact) mass is 660 g/mol. The van der Waals surface area contributed by atoms with Gasteiger partial charge in [0.25, 0.3) is 0 Å². The summed E-state index contributed by atoms with van der Waals surface area (Å²) in [5.74, 6) is -0.486. The van der Waals surface area contributed by atoms with Crippen LogP contribution in [0.2, 0.25) is 0 Å². The van der Waals surface area contributed by atoms with Crippen LogP contribution in [0.5, 0.6) is 0 Å². The van der Waals surface area contributed by atoms with Crippen LogP contribution in [0.15, 0.2) is 20.1 Å². The molecule has 172 valence electrons. The van der Waals surface area contributed by atoms with Crippen LogP contribution < -0.4 is 0 Å². The molecule has 6 aliphatic rings. The van der Waals surface area contributed by atoms with E-state index < -0.39 is 28.2 Å². The fourth-order valence-corrected chi connectivity index (χ4v) is 14.2. The summed E-state index contributed by atoms with van der Waals surface area (Å²) >= 11 is 81.9. The van der Waals surface area contributed by atoms with Crippen LogP contribution in [0.25, 0.3) is 0 Å². The van der Waals surface area contributed by atoms with Gasteiger partial charge in [0.2, 0.25) is 0 Å². The lowest BCUT2D eigenvalue weighted by Crippen LogP contribution is -2.49. The summed E-state index contributed by atoms with van der Waals surface area (Å²) in [5, 5.41) is 0.876. The number of rotatable bonds is 0. The molecule has 0 amide bonds. The van der Waals surface area contributed by atoms with Gasteiger partial charge in [0.15, 0.2) is 8.67 Å². The van der Waals surface area contributed by atoms with Crippen LogP contribution in [-0.4, -0.2) is 28.2 Å². The van der Waals surface area contributed by atoms with E-state index >= 15 is 0 Å². The Morgan fingerprint density at radius 1 is 0.484 bits per heavy atom. The molecule has 0 aromatic heterocycles. The topological polar surface area (TPSA) is 0 Å². The molecule has 4 fully saturated rings. The molecular formula is C19H12Cl12. The van der Waals surface area contributed by atoms with Crippen molar-refractivity contribution in [3.63, 3.8) is 0 Å². The maximum Gasteiger partial charge on any atom is 0.166 e. The molecule has 0 saturated heterocycles. The van der Waals surface area contributed by atoms with Gasteiger partial charge < -0.3 is 0 Å². The summed E-state index contributed by atoms with van der Waals surface area (Å²) < 4.78 is -3.12. The number of hydrogen-bond acceptors (Lipinski definition) is 0. The lowest BCUT2D eigenvalue weighted by molar-refractivity contribution is 0.102. The lowest BCUT2D eigenvalue weighted by Gasteiger charge is -2.47. The zero-order chi connectivity index (χ0) is 22.9. The Hall–Kier alpha value is 2.96. The number of fused-ring (bicyclic) bond motifs is 12. The molecule has 0 nitrogen and oxygen atoms in total. The normalized spacial score (nSPS) is 60.0. The summed E-state index contributed by atoms with van der Waals surface area (Å²) in [6.07, 6.45) is 2.02. The third kappa shape index (κ3) is 2.09. The number of hydrogen-bond donors (Lipinski definition) is 0. The SMILES string of the molecule is ClC1=C(Cl)[C@@]2(Cl)[C@H]3C[C@@H]4C[C@H]5[C@@H]([C@@H]4C[C@H]3[C@@]1(Cl)C2(Cl)Cl)[C@@]1(Cl)C(Cl)=C(Cl)[C@@]5(Cl)C1(Cl)Cl. The van der Waals surface area contributed by atoms with Crippen LogP contribution in [0.4, 0.5) is 0 Å². The zero-order valence-corrected chi connectivity index (χ0v) is 24.2. The minimum atomic E-state index is -1.56. The Bertz CT molecular complexity index is 982. The largest absolute Gasteiger partial charge is 0.166 e. The third-order valence-corrected chi connectivity index (χ3v) is 17.8. The van der Waals surface area contributed by atoms with Crippen molar-refractivity contribution >= 4 is 139 Å². The molecule has 0 radical (unpaired) electrons. The van der Waals surface area contributed by atoms with Crippen molar-refractivity contribution in [2.24, 2.45) is 35.5 Å². The van der Waals surface area contributed by atoms with Gasteiger partial charge in [-0.3, -0.25) is 0 Å². The van der Waals surface area contributed by atoms with Crippen molar-refractivity contribution in [1.29, 1.82) is 0 Å². The fraction of sp³-hybridized carbons (Fsp3) is 0.789. The van der Waals surface area contributed by atoms with Gasteiger partial charge in [-0.2, -0.15) is 0 Å². The summed E-state index contributed by atoms with van der Waals surface area (Å²) in [5.41, 5.74) is 0. The van der Waals surface area contributed by atoms with E-state index in [0.29, 0.717) is 19.3 Å². The molecule has 12 heteroatoms. The zero-order valence-electron chi connectivity index (χ0n) is 15.1. The van der Waals surface area contributed by atoms with Gasteiger partial charge in [0, 0.05) is 0 Å². The van der Waals surface area contributed by atoms with Crippen LogP contribution >= 0.6 is 139 Å². The van der Waals surface area contributed by atoms with Gasteiger partial charge >= 0.3 is 0 Å². The molecular weight excluding hydrogens is 654 g/mol. The van der Waals surface area contributed by atoms with E-state index in [4.69, 9.17) is 139 Å². The molecule has 0 aliphatic heterocycles. The van der Waals surface area contributed by atoms with E-state index in [2.05, 4.69) is 0 Å². The Morgan fingerprint density at radius 3 is 1.35 bits per heavy atom. The van der Waals surface area contributed by atoms with Crippen molar-refractivity contribution < 1.29 is 0 Å². The first-order chi connectivity index (χ1) is 14.1. The molecule has 0 N–H and O–H groups in total. The quantitative estimate of drug-likeness (QED) is 0.226. The van der Waals surface area contributed by atoms with E-state index in [0.717, 1.165) is 0 Å². The molecule has 6 aliphatic carbocycles. The van der Waals surface area contributed by atoms with Crippen LogP contribution in [-0.2, 0) is 0 Å². The Labute approximate surface area is 240 Å². The van der Waals surface area contributed by atoms with E-state index in [-0.39, 0.29) is 55.6 Å². The smallest absolute Gasteiger partial charge is 0.109 e. The second-order valence-electron chi connectivity index (χ2n) is 9.73. The molecule has 4 saturated carbocycles. The highest BCUT2D eigenvalue weighted by Gasteiger charge is 2.87.